The maximum Gasteiger partial charge on any atom is 0.163 e. The lowest BCUT2D eigenvalue weighted by molar-refractivity contribution is -0.227. The zero-order valence-corrected chi connectivity index (χ0v) is 12.2. The first-order chi connectivity index (χ1) is 9.24. The Labute approximate surface area is 118 Å². The summed E-state index contributed by atoms with van der Waals surface area (Å²) < 4.78 is 23.2. The molecule has 3 rings (SSSR count). The van der Waals surface area contributed by atoms with E-state index in [0.29, 0.717) is 6.61 Å². The Morgan fingerprint density at radius 1 is 1.10 bits per heavy atom. The maximum absolute atomic E-state index is 10.4. The minimum Gasteiger partial charge on any atom is -0.348 e. The molecule has 3 aliphatic heterocycles. The van der Waals surface area contributed by atoms with Gasteiger partial charge in [0.1, 0.15) is 24.4 Å². The Morgan fingerprint density at radius 2 is 1.75 bits per heavy atom. The van der Waals surface area contributed by atoms with Crippen molar-refractivity contribution in [3.63, 3.8) is 0 Å². The number of nitrogens with zero attached hydrogens (tertiary/aromatic N) is 1. The first-order valence-electron chi connectivity index (χ1n) is 6.85. The zero-order chi connectivity index (χ0) is 14.7. The molecule has 0 aromatic rings. The predicted molar refractivity (Wildman–Crippen MR) is 68.8 cm³/mol. The van der Waals surface area contributed by atoms with Crippen molar-refractivity contribution in [2.75, 3.05) is 6.61 Å². The number of hydroxylamine groups is 2. The van der Waals surface area contributed by atoms with Crippen molar-refractivity contribution < 1.29 is 24.2 Å². The molecule has 5 atom stereocenters. The van der Waals surface area contributed by atoms with E-state index in [4.69, 9.17) is 25.4 Å². The number of hydrogen-bond donors (Lipinski definition) is 1. The summed E-state index contributed by atoms with van der Waals surface area (Å²) in [4.78, 5) is 0. The molecule has 0 saturated carbocycles. The molecule has 0 bridgehead atoms. The first kappa shape index (κ1) is 14.3. The SMILES string of the molecule is C#C[C@@H]1[C@H]2OC(C)(C)O[C@H]2[C@H]([C@@H]2COC(C)(C)O2)N1O. The van der Waals surface area contributed by atoms with E-state index < -0.39 is 23.7 Å². The van der Waals surface area contributed by atoms with E-state index in [9.17, 15) is 5.21 Å². The van der Waals surface area contributed by atoms with Gasteiger partial charge in [-0.2, -0.15) is 5.06 Å². The molecule has 0 aromatic heterocycles. The summed E-state index contributed by atoms with van der Waals surface area (Å²) in [5, 5.41) is 11.5. The van der Waals surface area contributed by atoms with E-state index in [-0.39, 0.29) is 18.3 Å². The first-order valence-corrected chi connectivity index (χ1v) is 6.85. The number of terminal acetylenes is 1. The second-order valence-electron chi connectivity index (χ2n) is 6.41. The van der Waals surface area contributed by atoms with Crippen LogP contribution in [0.3, 0.4) is 0 Å². The third-order valence-corrected chi connectivity index (χ3v) is 3.98. The van der Waals surface area contributed by atoms with Gasteiger partial charge in [-0.05, 0) is 27.7 Å². The summed E-state index contributed by atoms with van der Waals surface area (Å²) in [7, 11) is 0. The monoisotopic (exact) mass is 283 g/mol. The van der Waals surface area contributed by atoms with Crippen LogP contribution in [0.1, 0.15) is 27.7 Å². The summed E-state index contributed by atoms with van der Waals surface area (Å²) in [6.45, 7) is 7.76. The van der Waals surface area contributed by atoms with E-state index in [1.807, 2.05) is 27.7 Å². The van der Waals surface area contributed by atoms with E-state index in [1.54, 1.807) is 0 Å². The van der Waals surface area contributed by atoms with Crippen molar-refractivity contribution in [2.45, 2.75) is 69.7 Å². The van der Waals surface area contributed by atoms with Gasteiger partial charge in [0.15, 0.2) is 11.6 Å². The average molecular weight is 283 g/mol. The smallest absolute Gasteiger partial charge is 0.163 e. The number of ether oxygens (including phenoxy) is 4. The minimum absolute atomic E-state index is 0.307. The van der Waals surface area contributed by atoms with Gasteiger partial charge in [-0.3, -0.25) is 0 Å². The van der Waals surface area contributed by atoms with Gasteiger partial charge in [0.2, 0.25) is 0 Å². The molecule has 0 aliphatic carbocycles. The molecule has 20 heavy (non-hydrogen) atoms. The van der Waals surface area contributed by atoms with Crippen LogP contribution in [0.5, 0.6) is 0 Å². The molecule has 6 heteroatoms. The van der Waals surface area contributed by atoms with Crippen LogP contribution >= 0.6 is 0 Å². The van der Waals surface area contributed by atoms with Crippen molar-refractivity contribution in [2.24, 2.45) is 0 Å². The molecule has 6 nitrogen and oxygen atoms in total. The summed E-state index contributed by atoms with van der Waals surface area (Å²) in [6.07, 6.45) is 4.52. The third kappa shape index (κ3) is 2.15. The van der Waals surface area contributed by atoms with Gasteiger partial charge < -0.3 is 24.2 Å². The van der Waals surface area contributed by atoms with Gasteiger partial charge in [-0.15, -0.1) is 6.42 Å². The molecule has 0 spiro atoms. The Bertz CT molecular complexity index is 443. The van der Waals surface area contributed by atoms with E-state index in [0.717, 1.165) is 5.06 Å². The maximum atomic E-state index is 10.4. The van der Waals surface area contributed by atoms with Crippen molar-refractivity contribution in [1.82, 2.24) is 5.06 Å². The van der Waals surface area contributed by atoms with Gasteiger partial charge in [0, 0.05) is 0 Å². The summed E-state index contributed by atoms with van der Waals surface area (Å²) in [6, 6.07) is -0.941. The lowest BCUT2D eigenvalue weighted by Crippen LogP contribution is -2.48. The highest BCUT2D eigenvalue weighted by molar-refractivity contribution is 5.16. The molecule has 112 valence electrons. The van der Waals surface area contributed by atoms with Crippen LogP contribution in [0.25, 0.3) is 0 Å². The molecular formula is C14H21NO5. The molecule has 3 aliphatic rings. The van der Waals surface area contributed by atoms with Crippen LogP contribution in [0.4, 0.5) is 0 Å². The minimum atomic E-state index is -0.709. The standard InChI is InChI=1S/C14H21NO5/c1-6-8-11-12(20-14(4,5)19-11)10(15(8)16)9-7-17-13(2,3)18-9/h1,8-12,16H,7H2,2-5H3/t8-,9+,10+,11-,12+/m1/s1. The molecule has 3 saturated heterocycles. The van der Waals surface area contributed by atoms with E-state index in [1.165, 1.54) is 0 Å². The lowest BCUT2D eigenvalue weighted by Gasteiger charge is -2.30. The average Bonchev–Trinajstić information content (AvgIpc) is 2.88. The van der Waals surface area contributed by atoms with Crippen LogP contribution < -0.4 is 0 Å². The van der Waals surface area contributed by atoms with Crippen LogP contribution in [0.15, 0.2) is 0 Å². The molecular weight excluding hydrogens is 262 g/mol. The van der Waals surface area contributed by atoms with E-state index >= 15 is 0 Å². The van der Waals surface area contributed by atoms with Crippen LogP contribution in [-0.4, -0.2) is 58.8 Å². The number of fused-ring (bicyclic) bond motifs is 1. The Hall–Kier alpha value is -0.680. The normalized spacial score (nSPS) is 46.3. The lowest BCUT2D eigenvalue weighted by atomic mass is 10.0. The Morgan fingerprint density at radius 3 is 2.30 bits per heavy atom. The van der Waals surface area contributed by atoms with Gasteiger partial charge in [0.05, 0.1) is 12.6 Å². The fourth-order valence-corrected chi connectivity index (χ4v) is 3.25. The van der Waals surface area contributed by atoms with Gasteiger partial charge in [-0.1, -0.05) is 5.92 Å². The summed E-state index contributed by atoms with van der Waals surface area (Å²) in [5.74, 6) is 1.20. The van der Waals surface area contributed by atoms with Crippen LogP contribution in [-0.2, 0) is 18.9 Å². The second-order valence-corrected chi connectivity index (χ2v) is 6.41. The molecule has 0 radical (unpaired) electrons. The molecule has 0 unspecified atom stereocenters. The van der Waals surface area contributed by atoms with Crippen molar-refractivity contribution in [3.05, 3.63) is 0 Å². The molecule has 0 aromatic carbocycles. The summed E-state index contributed by atoms with van der Waals surface area (Å²) in [5.41, 5.74) is 0. The predicted octanol–water partition coefficient (Wildman–Crippen LogP) is 0.733. The quantitative estimate of drug-likeness (QED) is 0.716. The fourth-order valence-electron chi connectivity index (χ4n) is 3.25. The van der Waals surface area contributed by atoms with Crippen molar-refractivity contribution in [1.29, 1.82) is 0 Å². The fraction of sp³-hybridized carbons (Fsp3) is 0.857. The molecule has 3 fully saturated rings. The topological polar surface area (TPSA) is 60.4 Å². The molecule has 3 heterocycles. The highest BCUT2D eigenvalue weighted by Crippen LogP contribution is 2.42. The molecule has 1 N–H and O–H groups in total. The van der Waals surface area contributed by atoms with Gasteiger partial charge >= 0.3 is 0 Å². The number of hydrogen-bond acceptors (Lipinski definition) is 6. The third-order valence-electron chi connectivity index (χ3n) is 3.98. The molecule has 0 amide bonds. The largest absolute Gasteiger partial charge is 0.348 e. The van der Waals surface area contributed by atoms with Gasteiger partial charge in [-0.25, -0.2) is 0 Å². The van der Waals surface area contributed by atoms with Crippen LogP contribution in [0.2, 0.25) is 0 Å². The van der Waals surface area contributed by atoms with Crippen molar-refractivity contribution >= 4 is 0 Å². The highest BCUT2D eigenvalue weighted by atomic mass is 16.8. The second kappa shape index (κ2) is 4.41. The summed E-state index contributed by atoms with van der Waals surface area (Å²) >= 11 is 0. The van der Waals surface area contributed by atoms with Crippen molar-refractivity contribution in [3.8, 4) is 12.3 Å². The van der Waals surface area contributed by atoms with Gasteiger partial charge in [0.25, 0.3) is 0 Å². The zero-order valence-electron chi connectivity index (χ0n) is 12.2. The Kier molecular flexibility index (Phi) is 3.14. The Balaban J connectivity index is 1.85. The highest BCUT2D eigenvalue weighted by Gasteiger charge is 2.61. The van der Waals surface area contributed by atoms with E-state index in [2.05, 4.69) is 5.92 Å². The number of rotatable bonds is 1. The van der Waals surface area contributed by atoms with Crippen LogP contribution in [0, 0.1) is 12.3 Å².